The number of rotatable bonds is 4. The van der Waals surface area contributed by atoms with Gasteiger partial charge in [-0.15, -0.1) is 0 Å². The highest BCUT2D eigenvalue weighted by atomic mass is 16.2. The number of nitrogens with one attached hydrogen (secondary N) is 1. The molecule has 1 heterocycles. The van der Waals surface area contributed by atoms with Crippen LogP contribution in [0.25, 0.3) is 6.08 Å². The third kappa shape index (κ3) is 4.02. The predicted octanol–water partition coefficient (Wildman–Crippen LogP) is 4.39. The summed E-state index contributed by atoms with van der Waals surface area (Å²) in [5.74, 6) is 0.0235. The van der Waals surface area contributed by atoms with Crippen molar-refractivity contribution in [3.05, 3.63) is 64.7 Å². The molecule has 0 radical (unpaired) electrons. The quantitative estimate of drug-likeness (QED) is 0.833. The largest absolute Gasteiger partial charge is 0.322 e. The number of hydrogen-bond donors (Lipinski definition) is 1. The van der Waals surface area contributed by atoms with E-state index < -0.39 is 0 Å². The van der Waals surface area contributed by atoms with Crippen LogP contribution in [0, 0.1) is 20.8 Å². The molecular weight excluding hydrogens is 324 g/mol. The molecule has 2 amide bonds. The van der Waals surface area contributed by atoms with E-state index in [4.69, 9.17) is 0 Å². The molecule has 4 heteroatoms. The zero-order valence-electron chi connectivity index (χ0n) is 15.5. The normalized spacial score (nSPS) is 14.3. The number of benzene rings is 2. The fourth-order valence-electron chi connectivity index (χ4n) is 3.40. The fourth-order valence-corrected chi connectivity index (χ4v) is 3.40. The fraction of sp³-hybridized carbons (Fsp3) is 0.273. The molecule has 2 aromatic rings. The highest BCUT2D eigenvalue weighted by Crippen LogP contribution is 2.23. The van der Waals surface area contributed by atoms with Crippen LogP contribution >= 0.6 is 0 Å². The summed E-state index contributed by atoms with van der Waals surface area (Å²) < 4.78 is 0. The Morgan fingerprint density at radius 2 is 1.73 bits per heavy atom. The SMILES string of the molecule is Cc1cc(C)c(NC(=O)/C=C/c2ccc(N3CCCC3=O)cc2)c(C)c1. The van der Waals surface area contributed by atoms with Crippen molar-refractivity contribution in [2.45, 2.75) is 33.6 Å². The van der Waals surface area contributed by atoms with Crippen molar-refractivity contribution in [3.8, 4) is 0 Å². The third-order valence-electron chi connectivity index (χ3n) is 4.63. The van der Waals surface area contributed by atoms with Crippen LogP contribution in [0.2, 0.25) is 0 Å². The molecular formula is C22H24N2O2. The second-order valence-corrected chi connectivity index (χ2v) is 6.84. The van der Waals surface area contributed by atoms with Gasteiger partial charge < -0.3 is 10.2 Å². The zero-order valence-corrected chi connectivity index (χ0v) is 15.5. The first-order valence-corrected chi connectivity index (χ1v) is 8.91. The van der Waals surface area contributed by atoms with Crippen molar-refractivity contribution in [2.75, 3.05) is 16.8 Å². The monoisotopic (exact) mass is 348 g/mol. The smallest absolute Gasteiger partial charge is 0.248 e. The number of anilines is 2. The van der Waals surface area contributed by atoms with Gasteiger partial charge in [-0.25, -0.2) is 0 Å². The molecule has 4 nitrogen and oxygen atoms in total. The Morgan fingerprint density at radius 3 is 2.31 bits per heavy atom. The number of nitrogens with zero attached hydrogens (tertiary/aromatic N) is 1. The topological polar surface area (TPSA) is 49.4 Å². The average Bonchev–Trinajstić information content (AvgIpc) is 3.03. The van der Waals surface area contributed by atoms with E-state index in [0.717, 1.165) is 41.0 Å². The summed E-state index contributed by atoms with van der Waals surface area (Å²) in [6, 6.07) is 11.8. The van der Waals surface area contributed by atoms with E-state index in [-0.39, 0.29) is 11.8 Å². The maximum absolute atomic E-state index is 12.2. The van der Waals surface area contributed by atoms with Crippen LogP contribution in [0.1, 0.15) is 35.1 Å². The molecule has 134 valence electrons. The van der Waals surface area contributed by atoms with Crippen molar-refractivity contribution in [1.29, 1.82) is 0 Å². The van der Waals surface area contributed by atoms with Crippen LogP contribution in [0.4, 0.5) is 11.4 Å². The molecule has 26 heavy (non-hydrogen) atoms. The summed E-state index contributed by atoms with van der Waals surface area (Å²) in [5, 5.41) is 2.96. The van der Waals surface area contributed by atoms with Gasteiger partial charge in [0.2, 0.25) is 11.8 Å². The number of carbonyl (C=O) groups is 2. The van der Waals surface area contributed by atoms with E-state index in [9.17, 15) is 9.59 Å². The van der Waals surface area contributed by atoms with Crippen molar-refractivity contribution >= 4 is 29.3 Å². The third-order valence-corrected chi connectivity index (χ3v) is 4.63. The van der Waals surface area contributed by atoms with E-state index in [2.05, 4.69) is 17.4 Å². The van der Waals surface area contributed by atoms with Gasteiger partial charge in [-0.3, -0.25) is 9.59 Å². The Balaban J connectivity index is 1.66. The molecule has 3 rings (SSSR count). The van der Waals surface area contributed by atoms with Crippen LogP contribution in [0.15, 0.2) is 42.5 Å². The summed E-state index contributed by atoms with van der Waals surface area (Å²) in [6.45, 7) is 6.83. The van der Waals surface area contributed by atoms with Gasteiger partial charge in [0, 0.05) is 30.4 Å². The molecule has 0 aliphatic carbocycles. The highest BCUT2D eigenvalue weighted by molar-refractivity contribution is 6.03. The predicted molar refractivity (Wildman–Crippen MR) is 106 cm³/mol. The molecule has 1 aliphatic rings. The lowest BCUT2D eigenvalue weighted by Crippen LogP contribution is -2.23. The molecule has 0 aromatic heterocycles. The Labute approximate surface area is 154 Å². The molecule has 0 saturated carbocycles. The Morgan fingerprint density at radius 1 is 1.08 bits per heavy atom. The second kappa shape index (κ2) is 7.56. The molecule has 0 spiro atoms. The lowest BCUT2D eigenvalue weighted by atomic mass is 10.1. The van der Waals surface area contributed by atoms with Crippen molar-refractivity contribution < 1.29 is 9.59 Å². The number of amides is 2. The first kappa shape index (κ1) is 17.9. The van der Waals surface area contributed by atoms with Gasteiger partial charge >= 0.3 is 0 Å². The number of aryl methyl sites for hydroxylation is 3. The van der Waals surface area contributed by atoms with E-state index in [1.54, 1.807) is 6.08 Å². The van der Waals surface area contributed by atoms with Crippen molar-refractivity contribution in [1.82, 2.24) is 0 Å². The van der Waals surface area contributed by atoms with Crippen LogP contribution in [0.3, 0.4) is 0 Å². The van der Waals surface area contributed by atoms with Crippen LogP contribution in [-0.2, 0) is 9.59 Å². The lowest BCUT2D eigenvalue weighted by Gasteiger charge is -2.15. The van der Waals surface area contributed by atoms with Gasteiger partial charge in [-0.2, -0.15) is 0 Å². The first-order valence-electron chi connectivity index (χ1n) is 8.91. The maximum Gasteiger partial charge on any atom is 0.248 e. The van der Waals surface area contributed by atoms with Crippen molar-refractivity contribution in [3.63, 3.8) is 0 Å². The van der Waals surface area contributed by atoms with Gasteiger partial charge in [0.1, 0.15) is 0 Å². The van der Waals surface area contributed by atoms with Crippen LogP contribution in [-0.4, -0.2) is 18.4 Å². The van der Waals surface area contributed by atoms with Gasteiger partial charge in [-0.1, -0.05) is 29.8 Å². The molecule has 0 atom stereocenters. The van der Waals surface area contributed by atoms with Crippen LogP contribution < -0.4 is 10.2 Å². The molecule has 0 unspecified atom stereocenters. The Hall–Kier alpha value is -2.88. The van der Waals surface area contributed by atoms with Crippen molar-refractivity contribution in [2.24, 2.45) is 0 Å². The minimum absolute atomic E-state index is 0.154. The van der Waals surface area contributed by atoms with E-state index >= 15 is 0 Å². The van der Waals surface area contributed by atoms with E-state index in [1.807, 2.05) is 49.9 Å². The minimum Gasteiger partial charge on any atom is -0.322 e. The van der Waals surface area contributed by atoms with Gasteiger partial charge in [0.15, 0.2) is 0 Å². The number of carbonyl (C=O) groups excluding carboxylic acids is 2. The molecule has 1 saturated heterocycles. The Bertz CT molecular complexity index is 843. The van der Waals surface area contributed by atoms with Crippen LogP contribution in [0.5, 0.6) is 0 Å². The zero-order chi connectivity index (χ0) is 18.7. The highest BCUT2D eigenvalue weighted by Gasteiger charge is 2.21. The molecule has 1 aliphatic heterocycles. The standard InChI is InChI=1S/C22H24N2O2/c1-15-13-16(2)22(17(3)14-15)23-20(25)11-8-18-6-9-19(10-7-18)24-12-4-5-21(24)26/h6-11,13-14H,4-5,12H2,1-3H3,(H,23,25)/b11-8+. The summed E-state index contributed by atoms with van der Waals surface area (Å²) in [6.07, 6.45) is 4.86. The summed E-state index contributed by atoms with van der Waals surface area (Å²) in [4.78, 5) is 25.8. The average molecular weight is 348 g/mol. The van der Waals surface area contributed by atoms with Gasteiger partial charge in [-0.05, 0) is 62.1 Å². The summed E-state index contributed by atoms with van der Waals surface area (Å²) in [5.41, 5.74) is 6.01. The lowest BCUT2D eigenvalue weighted by molar-refractivity contribution is -0.117. The summed E-state index contributed by atoms with van der Waals surface area (Å²) in [7, 11) is 0. The first-order chi connectivity index (χ1) is 12.4. The van der Waals surface area contributed by atoms with E-state index in [1.165, 1.54) is 11.6 Å². The van der Waals surface area contributed by atoms with Gasteiger partial charge in [0.05, 0.1) is 0 Å². The molecule has 1 fully saturated rings. The minimum atomic E-state index is -0.154. The van der Waals surface area contributed by atoms with E-state index in [0.29, 0.717) is 6.42 Å². The Kier molecular flexibility index (Phi) is 5.21. The maximum atomic E-state index is 12.2. The molecule has 0 bridgehead atoms. The van der Waals surface area contributed by atoms with Gasteiger partial charge in [0.25, 0.3) is 0 Å². The number of hydrogen-bond acceptors (Lipinski definition) is 2. The molecule has 2 aromatic carbocycles. The second-order valence-electron chi connectivity index (χ2n) is 6.84. The molecule has 1 N–H and O–H groups in total. The summed E-state index contributed by atoms with van der Waals surface area (Å²) >= 11 is 0.